The third-order valence-electron chi connectivity index (χ3n) is 1.98. The number of aryl methyl sites for hydroxylation is 1. The first-order chi connectivity index (χ1) is 8.79. The molecule has 4 nitrogen and oxygen atoms in total. The number of aromatic nitrogens is 2. The lowest BCUT2D eigenvalue weighted by atomic mass is 10.3. The molecule has 0 saturated heterocycles. The maximum Gasteiger partial charge on any atom is 0.433 e. The van der Waals surface area contributed by atoms with E-state index >= 15 is 0 Å². The van der Waals surface area contributed by atoms with Crippen LogP contribution in [0.1, 0.15) is 11.4 Å². The summed E-state index contributed by atoms with van der Waals surface area (Å²) in [5.74, 6) is 0.588. The van der Waals surface area contributed by atoms with Crippen molar-refractivity contribution < 1.29 is 13.2 Å². The minimum atomic E-state index is -4.41. The molecule has 0 fully saturated rings. The quantitative estimate of drug-likeness (QED) is 0.771. The molecule has 2 heterocycles. The molecule has 2 rings (SSSR count). The van der Waals surface area contributed by atoms with E-state index in [4.69, 9.17) is 11.5 Å². The van der Waals surface area contributed by atoms with Gasteiger partial charge in [-0.1, -0.05) is 6.07 Å². The van der Waals surface area contributed by atoms with E-state index in [1.54, 1.807) is 6.07 Å². The molecule has 4 N–H and O–H groups in total. The monoisotopic (exact) mass is 270 g/mol. The number of pyridine rings is 2. The van der Waals surface area contributed by atoms with Gasteiger partial charge in [-0.3, -0.25) is 4.98 Å². The number of alkyl halides is 3. The molecule has 2 aromatic heterocycles. The van der Waals surface area contributed by atoms with Gasteiger partial charge >= 0.3 is 6.18 Å². The number of anilines is 2. The molecule has 0 atom stereocenters. The maximum absolute atomic E-state index is 11.8. The van der Waals surface area contributed by atoms with Crippen LogP contribution in [0.4, 0.5) is 24.7 Å². The first-order valence-corrected chi connectivity index (χ1v) is 5.27. The van der Waals surface area contributed by atoms with Crippen LogP contribution >= 0.6 is 0 Å². The summed E-state index contributed by atoms with van der Waals surface area (Å²) >= 11 is 0. The average Bonchev–Trinajstić information content (AvgIpc) is 2.28. The fourth-order valence-electron chi connectivity index (χ4n) is 1.17. The molecule has 0 spiro atoms. The number of nitrogens with two attached hydrogens (primary N) is 2. The summed E-state index contributed by atoms with van der Waals surface area (Å²) in [6.07, 6.45) is -3.38. The standard InChI is InChI=1S/C6H5F3N2.C6H8N2/c7-6(8,9)5-3-4(10)1-2-11-5;1-5-3-2-4-6(7)8-5/h1-3H,(H2,10,11);2-4H,1H3,(H2,7,8). The summed E-state index contributed by atoms with van der Waals surface area (Å²) in [6, 6.07) is 7.66. The van der Waals surface area contributed by atoms with Gasteiger partial charge in [-0.25, -0.2) is 4.98 Å². The summed E-state index contributed by atoms with van der Waals surface area (Å²) in [5.41, 5.74) is 10.5. The predicted molar refractivity (Wildman–Crippen MR) is 67.0 cm³/mol. The van der Waals surface area contributed by atoms with Gasteiger partial charge < -0.3 is 11.5 Å². The fraction of sp³-hybridized carbons (Fsp3) is 0.167. The van der Waals surface area contributed by atoms with Crippen LogP contribution in [-0.4, -0.2) is 9.97 Å². The fourth-order valence-corrected chi connectivity index (χ4v) is 1.17. The van der Waals surface area contributed by atoms with Crippen molar-refractivity contribution in [1.82, 2.24) is 9.97 Å². The Bertz CT molecular complexity index is 523. The van der Waals surface area contributed by atoms with Gasteiger partial charge in [0.15, 0.2) is 0 Å². The van der Waals surface area contributed by atoms with Gasteiger partial charge in [0.1, 0.15) is 11.5 Å². The largest absolute Gasteiger partial charge is 0.433 e. The molecular weight excluding hydrogens is 257 g/mol. The summed E-state index contributed by atoms with van der Waals surface area (Å²) in [5, 5.41) is 0. The van der Waals surface area contributed by atoms with Gasteiger partial charge in [0.05, 0.1) is 0 Å². The molecule has 0 saturated carbocycles. The Morgan fingerprint density at radius 3 is 2.16 bits per heavy atom. The molecule has 2 aromatic rings. The topological polar surface area (TPSA) is 77.8 Å². The number of hydrogen-bond acceptors (Lipinski definition) is 4. The molecule has 0 radical (unpaired) electrons. The van der Waals surface area contributed by atoms with E-state index in [0.29, 0.717) is 5.82 Å². The van der Waals surface area contributed by atoms with Gasteiger partial charge in [-0.05, 0) is 31.2 Å². The number of nitrogen functional groups attached to an aromatic ring is 2. The molecule has 102 valence electrons. The highest BCUT2D eigenvalue weighted by Gasteiger charge is 2.32. The second-order valence-electron chi connectivity index (χ2n) is 3.68. The van der Waals surface area contributed by atoms with Crippen molar-refractivity contribution in [3.05, 3.63) is 47.9 Å². The molecule has 0 unspecified atom stereocenters. The van der Waals surface area contributed by atoms with Crippen molar-refractivity contribution in [2.45, 2.75) is 13.1 Å². The van der Waals surface area contributed by atoms with Crippen molar-refractivity contribution >= 4 is 11.5 Å². The molecule has 7 heteroatoms. The number of hydrogen-bond donors (Lipinski definition) is 2. The van der Waals surface area contributed by atoms with E-state index in [0.717, 1.165) is 18.0 Å². The minimum Gasteiger partial charge on any atom is -0.399 e. The summed E-state index contributed by atoms with van der Waals surface area (Å²) in [4.78, 5) is 7.06. The first kappa shape index (κ1) is 14.7. The lowest BCUT2D eigenvalue weighted by Gasteiger charge is -2.04. The van der Waals surface area contributed by atoms with Crippen molar-refractivity contribution in [2.75, 3.05) is 11.5 Å². The van der Waals surface area contributed by atoms with E-state index in [-0.39, 0.29) is 5.69 Å². The predicted octanol–water partition coefficient (Wildman–Crippen LogP) is 2.65. The van der Waals surface area contributed by atoms with Crippen molar-refractivity contribution in [3.8, 4) is 0 Å². The zero-order valence-electron chi connectivity index (χ0n) is 10.1. The highest BCUT2D eigenvalue weighted by molar-refractivity contribution is 5.37. The van der Waals surface area contributed by atoms with E-state index in [2.05, 4.69) is 9.97 Å². The lowest BCUT2D eigenvalue weighted by molar-refractivity contribution is -0.141. The highest BCUT2D eigenvalue weighted by atomic mass is 19.4. The Kier molecular flexibility index (Phi) is 4.68. The Morgan fingerprint density at radius 2 is 1.79 bits per heavy atom. The molecule has 0 aromatic carbocycles. The van der Waals surface area contributed by atoms with Gasteiger partial charge in [-0.15, -0.1) is 0 Å². The molecule has 0 bridgehead atoms. The van der Waals surface area contributed by atoms with Gasteiger partial charge in [0.25, 0.3) is 0 Å². The van der Waals surface area contributed by atoms with Gasteiger partial charge in [-0.2, -0.15) is 13.2 Å². The number of nitrogens with zero attached hydrogens (tertiary/aromatic N) is 2. The molecule has 0 amide bonds. The SMILES string of the molecule is Cc1cccc(N)n1.Nc1ccnc(C(F)(F)F)c1. The zero-order chi connectivity index (χ0) is 14.5. The maximum atomic E-state index is 11.8. The molecule has 0 aliphatic rings. The second kappa shape index (κ2) is 6.03. The normalized spacial score (nSPS) is 10.5. The summed E-state index contributed by atoms with van der Waals surface area (Å²) in [6.45, 7) is 1.91. The molecule has 19 heavy (non-hydrogen) atoms. The number of halogens is 3. The van der Waals surface area contributed by atoms with Crippen LogP contribution in [-0.2, 0) is 6.18 Å². The van der Waals surface area contributed by atoms with Gasteiger partial charge in [0, 0.05) is 17.6 Å². The second-order valence-corrected chi connectivity index (χ2v) is 3.68. The van der Waals surface area contributed by atoms with Crippen LogP contribution in [0.2, 0.25) is 0 Å². The van der Waals surface area contributed by atoms with Crippen molar-refractivity contribution in [3.63, 3.8) is 0 Å². The van der Waals surface area contributed by atoms with Gasteiger partial charge in [0.2, 0.25) is 0 Å². The third-order valence-corrected chi connectivity index (χ3v) is 1.98. The Morgan fingerprint density at radius 1 is 1.11 bits per heavy atom. The molecular formula is C12H13F3N4. The average molecular weight is 270 g/mol. The van der Waals surface area contributed by atoms with Crippen molar-refractivity contribution in [2.24, 2.45) is 0 Å². The minimum absolute atomic E-state index is 0.0623. The molecule has 0 aliphatic heterocycles. The van der Waals surface area contributed by atoms with Crippen LogP contribution in [0.25, 0.3) is 0 Å². The van der Waals surface area contributed by atoms with Crippen LogP contribution in [0.5, 0.6) is 0 Å². The zero-order valence-corrected chi connectivity index (χ0v) is 10.1. The summed E-state index contributed by atoms with van der Waals surface area (Å²) in [7, 11) is 0. The molecule has 0 aliphatic carbocycles. The number of rotatable bonds is 0. The smallest absolute Gasteiger partial charge is 0.399 e. The van der Waals surface area contributed by atoms with E-state index in [1.165, 1.54) is 6.07 Å². The van der Waals surface area contributed by atoms with Crippen LogP contribution < -0.4 is 11.5 Å². The Balaban J connectivity index is 0.000000200. The third kappa shape index (κ3) is 5.24. The van der Waals surface area contributed by atoms with E-state index in [9.17, 15) is 13.2 Å². The van der Waals surface area contributed by atoms with Crippen LogP contribution in [0.3, 0.4) is 0 Å². The van der Waals surface area contributed by atoms with Crippen LogP contribution in [0, 0.1) is 6.92 Å². The van der Waals surface area contributed by atoms with Crippen molar-refractivity contribution in [1.29, 1.82) is 0 Å². The van der Waals surface area contributed by atoms with Crippen LogP contribution in [0.15, 0.2) is 36.5 Å². The van der Waals surface area contributed by atoms with E-state index < -0.39 is 11.9 Å². The Labute approximate surface area is 108 Å². The Hall–Kier alpha value is -2.31. The lowest BCUT2D eigenvalue weighted by Crippen LogP contribution is -2.07. The first-order valence-electron chi connectivity index (χ1n) is 5.27. The van der Waals surface area contributed by atoms with E-state index in [1.807, 2.05) is 19.1 Å². The summed E-state index contributed by atoms with van der Waals surface area (Å²) < 4.78 is 35.5. The highest BCUT2D eigenvalue weighted by Crippen LogP contribution is 2.27.